The number of carbonyl (C=O) groups is 4. The molecule has 0 aromatic rings. The van der Waals surface area contributed by atoms with Gasteiger partial charge in [-0.1, -0.05) is 362 Å². The minimum absolute atomic E-state index is 0.109. The highest BCUT2D eigenvalue weighted by atomic mass is 31.2. The van der Waals surface area contributed by atoms with Crippen LogP contribution in [-0.4, -0.2) is 96.7 Å². The van der Waals surface area contributed by atoms with Gasteiger partial charge in [-0.3, -0.25) is 37.3 Å². The van der Waals surface area contributed by atoms with Gasteiger partial charge in [-0.15, -0.1) is 0 Å². The summed E-state index contributed by atoms with van der Waals surface area (Å²) < 4.78 is 68.6. The van der Waals surface area contributed by atoms with Gasteiger partial charge in [0, 0.05) is 25.7 Å². The normalized spacial score (nSPS) is 13.9. The van der Waals surface area contributed by atoms with Crippen LogP contribution >= 0.6 is 15.6 Å². The molecule has 96 heavy (non-hydrogen) atoms. The summed E-state index contributed by atoms with van der Waals surface area (Å²) in [5.41, 5.74) is 0. The molecule has 0 spiro atoms. The van der Waals surface area contributed by atoms with E-state index in [-0.39, 0.29) is 25.7 Å². The molecular formula is C77H150O17P2. The Hall–Kier alpha value is -1.94. The highest BCUT2D eigenvalue weighted by Crippen LogP contribution is 2.45. The van der Waals surface area contributed by atoms with Crippen LogP contribution in [0.1, 0.15) is 413 Å². The topological polar surface area (TPSA) is 237 Å². The Kier molecular flexibility index (Phi) is 70.0. The fourth-order valence-electron chi connectivity index (χ4n) is 11.9. The number of aliphatic hydroxyl groups excluding tert-OH is 1. The van der Waals surface area contributed by atoms with Crippen molar-refractivity contribution in [2.24, 2.45) is 0 Å². The van der Waals surface area contributed by atoms with E-state index in [2.05, 4.69) is 27.7 Å². The van der Waals surface area contributed by atoms with E-state index in [1.165, 1.54) is 244 Å². The Labute approximate surface area is 588 Å². The van der Waals surface area contributed by atoms with Gasteiger partial charge in [0.25, 0.3) is 0 Å². The fourth-order valence-corrected chi connectivity index (χ4v) is 13.5. The molecule has 570 valence electrons. The predicted molar refractivity (Wildman–Crippen MR) is 391 cm³/mol. The number of carbonyl (C=O) groups excluding carboxylic acids is 4. The van der Waals surface area contributed by atoms with E-state index in [0.29, 0.717) is 25.7 Å². The van der Waals surface area contributed by atoms with Crippen molar-refractivity contribution < 1.29 is 80.2 Å². The van der Waals surface area contributed by atoms with Crippen LogP contribution in [0.2, 0.25) is 0 Å². The first-order valence-electron chi connectivity index (χ1n) is 40.3. The number of hydrogen-bond donors (Lipinski definition) is 3. The third kappa shape index (κ3) is 70.5. The molecule has 0 saturated heterocycles. The number of unbranched alkanes of at least 4 members (excludes halogenated alkanes) is 52. The van der Waals surface area contributed by atoms with Crippen molar-refractivity contribution >= 4 is 39.5 Å². The third-order valence-electron chi connectivity index (χ3n) is 18.1. The van der Waals surface area contributed by atoms with Crippen LogP contribution < -0.4 is 0 Å². The quantitative estimate of drug-likeness (QED) is 0.0222. The Balaban J connectivity index is 5.22. The molecule has 19 heteroatoms. The van der Waals surface area contributed by atoms with Gasteiger partial charge in [0.2, 0.25) is 0 Å². The summed E-state index contributed by atoms with van der Waals surface area (Å²) in [5, 5.41) is 10.6. The van der Waals surface area contributed by atoms with Crippen LogP contribution in [0.25, 0.3) is 0 Å². The molecule has 0 aromatic heterocycles. The fraction of sp³-hybridized carbons (Fsp3) is 0.948. The summed E-state index contributed by atoms with van der Waals surface area (Å²) in [7, 11) is -9.91. The minimum Gasteiger partial charge on any atom is -0.462 e. The number of ether oxygens (including phenoxy) is 4. The standard InChI is InChI=1S/C77H150O17P2/c1-5-9-13-17-21-25-28-31-34-35-38-41-44-48-52-56-60-64-77(82)94-73(68-88-75(80)62-58-54-50-46-42-39-36-32-29-26-22-18-14-10-6-2)70-92-96(85,86)90-66-71(78)65-89-95(83,84)91-69-72(67-87-74(79)61-57-53-49-45-24-20-16-12-8-4)93-76(81)63-59-55-51-47-43-40-37-33-30-27-23-19-15-11-7-3/h71-73,78H,5-70H2,1-4H3,(H,83,84)(H,85,86)/t71-,72+,73+/m0/s1. The van der Waals surface area contributed by atoms with Gasteiger partial charge in [-0.2, -0.15) is 0 Å². The first kappa shape index (κ1) is 94.1. The molecule has 0 amide bonds. The molecule has 0 bridgehead atoms. The largest absolute Gasteiger partial charge is 0.472 e. The SMILES string of the molecule is CCCCCCCCCCCCCCCCCCCC(=O)O[C@H](COC(=O)CCCCCCCCCCCCCCCCC)COP(=O)(O)OC[C@@H](O)COP(=O)(O)OC[C@@H](COC(=O)CCCCCCCCCCC)OC(=O)CCCCCCCCCCCCCCCCC. The molecule has 0 aromatic carbocycles. The van der Waals surface area contributed by atoms with E-state index < -0.39 is 97.5 Å². The first-order valence-corrected chi connectivity index (χ1v) is 43.3. The van der Waals surface area contributed by atoms with Crippen molar-refractivity contribution in [2.45, 2.75) is 431 Å². The zero-order valence-corrected chi connectivity index (χ0v) is 64.1. The van der Waals surface area contributed by atoms with E-state index in [1.807, 2.05) is 0 Å². The van der Waals surface area contributed by atoms with Crippen LogP contribution in [0.15, 0.2) is 0 Å². The average Bonchev–Trinajstić information content (AvgIpc) is 1.70. The van der Waals surface area contributed by atoms with Crippen LogP contribution in [0.5, 0.6) is 0 Å². The molecule has 3 N–H and O–H groups in total. The zero-order valence-electron chi connectivity index (χ0n) is 62.4. The molecule has 0 radical (unpaired) electrons. The van der Waals surface area contributed by atoms with Crippen LogP contribution in [-0.2, 0) is 65.4 Å². The number of phosphoric ester groups is 2. The summed E-state index contributed by atoms with van der Waals surface area (Å²) in [6.45, 7) is 4.99. The number of aliphatic hydroxyl groups is 1. The Morgan fingerprint density at radius 1 is 0.250 bits per heavy atom. The maximum absolute atomic E-state index is 13.1. The lowest BCUT2D eigenvalue weighted by atomic mass is 10.0. The number of esters is 4. The van der Waals surface area contributed by atoms with Crippen molar-refractivity contribution in [3.05, 3.63) is 0 Å². The van der Waals surface area contributed by atoms with Crippen molar-refractivity contribution in [3.63, 3.8) is 0 Å². The monoisotopic (exact) mass is 1410 g/mol. The molecule has 0 saturated carbocycles. The maximum atomic E-state index is 13.1. The summed E-state index contributed by atoms with van der Waals surface area (Å²) in [4.78, 5) is 72.8. The van der Waals surface area contributed by atoms with Gasteiger partial charge in [0.05, 0.1) is 26.4 Å². The van der Waals surface area contributed by atoms with Crippen LogP contribution in [0.4, 0.5) is 0 Å². The van der Waals surface area contributed by atoms with Crippen molar-refractivity contribution in [1.29, 1.82) is 0 Å². The second-order valence-corrected chi connectivity index (χ2v) is 30.7. The lowest BCUT2D eigenvalue weighted by Crippen LogP contribution is -2.30. The highest BCUT2D eigenvalue weighted by molar-refractivity contribution is 7.47. The molecule has 5 atom stereocenters. The molecule has 0 aliphatic rings. The molecule has 2 unspecified atom stereocenters. The number of hydrogen-bond acceptors (Lipinski definition) is 15. The average molecular weight is 1410 g/mol. The first-order chi connectivity index (χ1) is 46.7. The summed E-state index contributed by atoms with van der Waals surface area (Å²) in [5.74, 6) is -2.11. The van der Waals surface area contributed by atoms with Gasteiger partial charge in [-0.05, 0) is 25.7 Å². The summed E-state index contributed by atoms with van der Waals surface area (Å²) in [6, 6.07) is 0. The Bertz CT molecular complexity index is 1830. The van der Waals surface area contributed by atoms with Gasteiger partial charge < -0.3 is 33.8 Å². The predicted octanol–water partition coefficient (Wildman–Crippen LogP) is 23.0. The molecule has 0 heterocycles. The molecule has 0 aliphatic heterocycles. The smallest absolute Gasteiger partial charge is 0.462 e. The lowest BCUT2D eigenvalue weighted by molar-refractivity contribution is -0.161. The summed E-state index contributed by atoms with van der Waals surface area (Å²) in [6.07, 6.45) is 62.3. The van der Waals surface area contributed by atoms with Gasteiger partial charge in [-0.25, -0.2) is 9.13 Å². The second kappa shape index (κ2) is 71.5. The summed E-state index contributed by atoms with van der Waals surface area (Å²) >= 11 is 0. The Morgan fingerprint density at radius 3 is 0.615 bits per heavy atom. The van der Waals surface area contributed by atoms with Gasteiger partial charge in [0.15, 0.2) is 12.2 Å². The van der Waals surface area contributed by atoms with Gasteiger partial charge >= 0.3 is 39.5 Å². The van der Waals surface area contributed by atoms with Gasteiger partial charge in [0.1, 0.15) is 19.3 Å². The second-order valence-electron chi connectivity index (χ2n) is 27.7. The number of phosphoric acid groups is 2. The molecule has 0 fully saturated rings. The van der Waals surface area contributed by atoms with E-state index in [4.69, 9.17) is 37.0 Å². The zero-order chi connectivity index (χ0) is 70.4. The lowest BCUT2D eigenvalue weighted by Gasteiger charge is -2.21. The van der Waals surface area contributed by atoms with Crippen molar-refractivity contribution in [2.75, 3.05) is 39.6 Å². The van der Waals surface area contributed by atoms with Crippen LogP contribution in [0, 0.1) is 0 Å². The van der Waals surface area contributed by atoms with E-state index in [1.54, 1.807) is 0 Å². The van der Waals surface area contributed by atoms with Crippen molar-refractivity contribution in [3.8, 4) is 0 Å². The highest BCUT2D eigenvalue weighted by Gasteiger charge is 2.30. The molecular weight excluding hydrogens is 1260 g/mol. The van der Waals surface area contributed by atoms with Crippen molar-refractivity contribution in [1.82, 2.24) is 0 Å². The maximum Gasteiger partial charge on any atom is 0.472 e. The molecule has 0 rings (SSSR count). The van der Waals surface area contributed by atoms with E-state index in [0.717, 1.165) is 89.9 Å². The number of rotatable bonds is 78. The van der Waals surface area contributed by atoms with E-state index in [9.17, 15) is 43.2 Å². The van der Waals surface area contributed by atoms with Crippen LogP contribution in [0.3, 0.4) is 0 Å². The Morgan fingerprint density at radius 2 is 0.417 bits per heavy atom. The van der Waals surface area contributed by atoms with E-state index >= 15 is 0 Å². The molecule has 0 aliphatic carbocycles. The third-order valence-corrected chi connectivity index (χ3v) is 20.0. The minimum atomic E-state index is -4.96. The molecule has 17 nitrogen and oxygen atoms in total.